The third kappa shape index (κ3) is 3.97. The van der Waals surface area contributed by atoms with Crippen LogP contribution in [0.5, 0.6) is 0 Å². The SMILES string of the molecule is Cc1cccc(C(=O)Nc2ccc(-c3ccc(N4CCCC4)nn3)cc2)c1. The molecule has 0 unspecified atom stereocenters. The van der Waals surface area contributed by atoms with E-state index in [0.29, 0.717) is 5.56 Å². The van der Waals surface area contributed by atoms with Crippen molar-refractivity contribution in [1.29, 1.82) is 0 Å². The van der Waals surface area contributed by atoms with Gasteiger partial charge in [0.15, 0.2) is 5.82 Å². The molecule has 0 atom stereocenters. The third-order valence-electron chi connectivity index (χ3n) is 4.80. The van der Waals surface area contributed by atoms with Crippen LogP contribution < -0.4 is 10.2 Å². The van der Waals surface area contributed by atoms with Crippen molar-refractivity contribution < 1.29 is 4.79 Å². The van der Waals surface area contributed by atoms with E-state index in [1.54, 1.807) is 0 Å². The quantitative estimate of drug-likeness (QED) is 0.755. The van der Waals surface area contributed by atoms with Crippen LogP contribution in [-0.2, 0) is 0 Å². The lowest BCUT2D eigenvalue weighted by atomic mass is 10.1. The first-order valence-corrected chi connectivity index (χ1v) is 9.26. The highest BCUT2D eigenvalue weighted by atomic mass is 16.1. The number of nitrogens with zero attached hydrogens (tertiary/aromatic N) is 3. The molecular formula is C22H22N4O. The maximum absolute atomic E-state index is 12.3. The highest BCUT2D eigenvalue weighted by Crippen LogP contribution is 2.22. The van der Waals surface area contributed by atoms with Crippen molar-refractivity contribution in [3.8, 4) is 11.3 Å². The Morgan fingerprint density at radius 2 is 1.74 bits per heavy atom. The molecular weight excluding hydrogens is 336 g/mol. The van der Waals surface area contributed by atoms with E-state index >= 15 is 0 Å². The van der Waals surface area contributed by atoms with Gasteiger partial charge in [0.1, 0.15) is 0 Å². The van der Waals surface area contributed by atoms with Crippen LogP contribution in [-0.4, -0.2) is 29.2 Å². The molecule has 0 radical (unpaired) electrons. The molecule has 1 aromatic heterocycles. The lowest BCUT2D eigenvalue weighted by Gasteiger charge is -2.15. The van der Waals surface area contributed by atoms with Crippen LogP contribution in [0.4, 0.5) is 11.5 Å². The van der Waals surface area contributed by atoms with Crippen molar-refractivity contribution >= 4 is 17.4 Å². The fraction of sp³-hybridized carbons (Fsp3) is 0.227. The van der Waals surface area contributed by atoms with Crippen molar-refractivity contribution in [2.75, 3.05) is 23.3 Å². The summed E-state index contributed by atoms with van der Waals surface area (Å²) in [6.07, 6.45) is 2.44. The minimum Gasteiger partial charge on any atom is -0.355 e. The van der Waals surface area contributed by atoms with Crippen LogP contribution in [0.25, 0.3) is 11.3 Å². The molecule has 2 aromatic carbocycles. The summed E-state index contributed by atoms with van der Waals surface area (Å²) < 4.78 is 0. The Morgan fingerprint density at radius 3 is 2.41 bits per heavy atom. The Kier molecular flexibility index (Phi) is 4.83. The predicted molar refractivity (Wildman–Crippen MR) is 108 cm³/mol. The van der Waals surface area contributed by atoms with E-state index in [0.717, 1.165) is 41.4 Å². The van der Waals surface area contributed by atoms with Gasteiger partial charge in [-0.2, -0.15) is 0 Å². The monoisotopic (exact) mass is 358 g/mol. The molecule has 0 spiro atoms. The molecule has 1 fully saturated rings. The first-order chi connectivity index (χ1) is 13.2. The van der Waals surface area contributed by atoms with Gasteiger partial charge >= 0.3 is 0 Å². The predicted octanol–water partition coefficient (Wildman–Crippen LogP) is 4.30. The summed E-state index contributed by atoms with van der Waals surface area (Å²) in [5.74, 6) is 0.833. The van der Waals surface area contributed by atoms with Crippen molar-refractivity contribution in [3.63, 3.8) is 0 Å². The van der Waals surface area contributed by atoms with Crippen LogP contribution in [0, 0.1) is 6.92 Å². The normalized spacial score (nSPS) is 13.6. The molecule has 27 heavy (non-hydrogen) atoms. The van der Waals surface area contributed by atoms with Crippen molar-refractivity contribution in [3.05, 3.63) is 71.8 Å². The van der Waals surface area contributed by atoms with Crippen molar-refractivity contribution in [2.24, 2.45) is 0 Å². The van der Waals surface area contributed by atoms with Gasteiger partial charge in [-0.3, -0.25) is 4.79 Å². The smallest absolute Gasteiger partial charge is 0.255 e. The molecule has 3 aromatic rings. The molecule has 0 bridgehead atoms. The van der Waals surface area contributed by atoms with E-state index in [2.05, 4.69) is 20.4 Å². The highest BCUT2D eigenvalue weighted by Gasteiger charge is 2.14. The summed E-state index contributed by atoms with van der Waals surface area (Å²) in [4.78, 5) is 14.6. The Bertz CT molecular complexity index is 929. The van der Waals surface area contributed by atoms with E-state index in [9.17, 15) is 4.79 Å². The number of nitrogens with one attached hydrogen (secondary N) is 1. The number of anilines is 2. The topological polar surface area (TPSA) is 58.1 Å². The molecule has 5 nitrogen and oxygen atoms in total. The van der Waals surface area contributed by atoms with E-state index in [4.69, 9.17) is 0 Å². The minimum absolute atomic E-state index is 0.110. The summed E-state index contributed by atoms with van der Waals surface area (Å²) in [5, 5.41) is 11.7. The second kappa shape index (κ2) is 7.58. The number of aryl methyl sites for hydroxylation is 1. The number of rotatable bonds is 4. The lowest BCUT2D eigenvalue weighted by molar-refractivity contribution is 0.102. The zero-order chi connectivity index (χ0) is 18.6. The first-order valence-electron chi connectivity index (χ1n) is 9.26. The molecule has 1 aliphatic rings. The van der Waals surface area contributed by atoms with Crippen molar-refractivity contribution in [2.45, 2.75) is 19.8 Å². The molecule has 136 valence electrons. The molecule has 0 saturated carbocycles. The number of hydrogen-bond donors (Lipinski definition) is 1. The summed E-state index contributed by atoms with van der Waals surface area (Å²) in [5.41, 5.74) is 4.28. The van der Waals surface area contributed by atoms with Crippen LogP contribution in [0.2, 0.25) is 0 Å². The molecule has 1 N–H and O–H groups in total. The molecule has 1 amide bonds. The maximum Gasteiger partial charge on any atom is 0.255 e. The Balaban J connectivity index is 1.44. The van der Waals surface area contributed by atoms with Gasteiger partial charge in [-0.15, -0.1) is 10.2 Å². The molecule has 4 rings (SSSR count). The molecule has 2 heterocycles. The number of amides is 1. The van der Waals surface area contributed by atoms with Crippen LogP contribution in [0.1, 0.15) is 28.8 Å². The van der Waals surface area contributed by atoms with Gasteiger partial charge in [-0.05, 0) is 56.2 Å². The third-order valence-corrected chi connectivity index (χ3v) is 4.80. The zero-order valence-corrected chi connectivity index (χ0v) is 15.4. The number of carbonyl (C=O) groups excluding carboxylic acids is 1. The molecule has 1 aliphatic heterocycles. The highest BCUT2D eigenvalue weighted by molar-refractivity contribution is 6.04. The Morgan fingerprint density at radius 1 is 0.963 bits per heavy atom. The summed E-state index contributed by atoms with van der Waals surface area (Å²) in [6, 6.07) is 19.3. The molecule has 0 aliphatic carbocycles. The van der Waals surface area contributed by atoms with Gasteiger partial charge in [-0.1, -0.05) is 29.8 Å². The fourth-order valence-corrected chi connectivity index (χ4v) is 3.31. The number of carbonyl (C=O) groups is 1. The molecule has 1 saturated heterocycles. The van der Waals surface area contributed by atoms with Crippen LogP contribution in [0.3, 0.4) is 0 Å². The van der Waals surface area contributed by atoms with Crippen molar-refractivity contribution in [1.82, 2.24) is 10.2 Å². The van der Waals surface area contributed by atoms with Crippen LogP contribution in [0.15, 0.2) is 60.7 Å². The zero-order valence-electron chi connectivity index (χ0n) is 15.4. The maximum atomic E-state index is 12.3. The first kappa shape index (κ1) is 17.2. The van der Waals surface area contributed by atoms with E-state index < -0.39 is 0 Å². The van der Waals surface area contributed by atoms with Gasteiger partial charge in [-0.25, -0.2) is 0 Å². The van der Waals surface area contributed by atoms with Gasteiger partial charge in [0.25, 0.3) is 5.91 Å². The second-order valence-corrected chi connectivity index (χ2v) is 6.87. The van der Waals surface area contributed by atoms with Crippen LogP contribution >= 0.6 is 0 Å². The molecule has 5 heteroatoms. The lowest BCUT2D eigenvalue weighted by Crippen LogP contribution is -2.19. The summed E-state index contributed by atoms with van der Waals surface area (Å²) >= 11 is 0. The number of aromatic nitrogens is 2. The van der Waals surface area contributed by atoms with Gasteiger partial charge in [0.2, 0.25) is 0 Å². The Hall–Kier alpha value is -3.21. The average Bonchev–Trinajstić information content (AvgIpc) is 3.24. The largest absolute Gasteiger partial charge is 0.355 e. The number of benzene rings is 2. The standard InChI is InChI=1S/C22H22N4O/c1-16-5-4-6-18(15-16)22(27)23-19-9-7-17(8-10-19)20-11-12-21(25-24-20)26-13-2-3-14-26/h4-12,15H,2-3,13-14H2,1H3,(H,23,27). The average molecular weight is 358 g/mol. The van der Waals surface area contributed by atoms with Gasteiger partial charge in [0, 0.05) is 29.9 Å². The van der Waals surface area contributed by atoms with Gasteiger partial charge in [0.05, 0.1) is 5.69 Å². The summed E-state index contributed by atoms with van der Waals surface area (Å²) in [6.45, 7) is 4.09. The minimum atomic E-state index is -0.110. The summed E-state index contributed by atoms with van der Waals surface area (Å²) in [7, 11) is 0. The van der Waals surface area contributed by atoms with E-state index in [-0.39, 0.29) is 5.91 Å². The number of hydrogen-bond acceptors (Lipinski definition) is 4. The second-order valence-electron chi connectivity index (χ2n) is 6.87. The van der Waals surface area contributed by atoms with E-state index in [1.165, 1.54) is 12.8 Å². The Labute approximate surface area is 159 Å². The fourth-order valence-electron chi connectivity index (χ4n) is 3.31. The van der Waals surface area contributed by atoms with Gasteiger partial charge < -0.3 is 10.2 Å². The van der Waals surface area contributed by atoms with E-state index in [1.807, 2.05) is 67.6 Å².